The lowest BCUT2D eigenvalue weighted by Gasteiger charge is -2.42. The van der Waals surface area contributed by atoms with E-state index in [0.717, 1.165) is 30.8 Å². The monoisotopic (exact) mass is 700 g/mol. The zero-order chi connectivity index (χ0) is 32.9. The van der Waals surface area contributed by atoms with Crippen molar-refractivity contribution in [2.24, 2.45) is 0 Å². The highest BCUT2D eigenvalue weighted by Gasteiger charge is 2.40. The number of amides is 1. The minimum Gasteiger partial charge on any atom is -0.369 e. The number of rotatable bonds is 11. The van der Waals surface area contributed by atoms with Gasteiger partial charge in [-0.2, -0.15) is 0 Å². The van der Waals surface area contributed by atoms with Crippen LogP contribution in [-0.2, 0) is 36.3 Å². The fraction of sp³-hybridized carbons (Fsp3) is 0.486. The van der Waals surface area contributed by atoms with Crippen LogP contribution in [0.15, 0.2) is 71.9 Å². The highest BCUT2D eigenvalue weighted by atomic mass is 35.5. The first-order chi connectivity index (χ1) is 22.8. The number of piperidine rings is 2. The van der Waals surface area contributed by atoms with Crippen LogP contribution >= 0.6 is 23.2 Å². The van der Waals surface area contributed by atoms with Crippen molar-refractivity contribution in [3.05, 3.63) is 88.2 Å². The lowest BCUT2D eigenvalue weighted by atomic mass is 9.85. The number of para-hydroxylation sites is 1. The molecule has 0 spiro atoms. The Morgan fingerprint density at radius 2 is 1.74 bits per heavy atom. The summed E-state index contributed by atoms with van der Waals surface area (Å²) in [6.45, 7) is 4.81. The van der Waals surface area contributed by atoms with Gasteiger partial charge >= 0.3 is 0 Å². The number of fused-ring (bicyclic) bond motifs is 1. The Kier molecular flexibility index (Phi) is 11.1. The van der Waals surface area contributed by atoms with Crippen molar-refractivity contribution in [3.63, 3.8) is 0 Å². The molecule has 0 saturated carbocycles. The molecular weight excluding hydrogens is 659 g/mol. The van der Waals surface area contributed by atoms with Crippen molar-refractivity contribution in [2.75, 3.05) is 56.8 Å². The zero-order valence-corrected chi connectivity index (χ0v) is 28.9. The molecule has 6 rings (SSSR count). The minimum atomic E-state index is -4.00. The van der Waals surface area contributed by atoms with Gasteiger partial charge in [0.2, 0.25) is 5.91 Å². The summed E-state index contributed by atoms with van der Waals surface area (Å²) >= 11 is 12.3. The number of halogens is 2. The number of sulfonamides is 1. The molecule has 3 aromatic rings. The molecule has 2 fully saturated rings. The summed E-state index contributed by atoms with van der Waals surface area (Å²) in [5, 5.41) is 0.445. The number of aryl methyl sites for hydroxylation is 1. The van der Waals surface area contributed by atoms with Gasteiger partial charge in [0, 0.05) is 37.6 Å². The molecule has 12 heteroatoms. The van der Waals surface area contributed by atoms with Crippen molar-refractivity contribution in [2.45, 2.75) is 61.5 Å². The van der Waals surface area contributed by atoms with Crippen molar-refractivity contribution < 1.29 is 22.7 Å². The highest BCUT2D eigenvalue weighted by Crippen LogP contribution is 2.38. The molecule has 3 aliphatic heterocycles. The number of anilines is 1. The van der Waals surface area contributed by atoms with Gasteiger partial charge in [-0.3, -0.25) is 14.1 Å². The zero-order valence-electron chi connectivity index (χ0n) is 26.5. The Hall–Kier alpha value is -2.73. The van der Waals surface area contributed by atoms with Gasteiger partial charge in [0.1, 0.15) is 6.61 Å². The van der Waals surface area contributed by atoms with E-state index in [0.29, 0.717) is 51.1 Å². The first-order valence-electron chi connectivity index (χ1n) is 16.5. The molecule has 0 bridgehead atoms. The lowest BCUT2D eigenvalue weighted by Crippen LogP contribution is -2.49. The van der Waals surface area contributed by atoms with E-state index in [4.69, 9.17) is 32.7 Å². The normalized spacial score (nSPS) is 20.2. The van der Waals surface area contributed by atoms with Crippen LogP contribution in [0.2, 0.25) is 10.0 Å². The molecule has 1 unspecified atom stereocenters. The molecule has 1 atom stereocenters. The number of nitrogens with zero attached hydrogens (tertiary/aromatic N) is 4. The Labute approximate surface area is 287 Å². The van der Waals surface area contributed by atoms with Gasteiger partial charge in [-0.05, 0) is 87.5 Å². The van der Waals surface area contributed by atoms with Crippen LogP contribution in [0.1, 0.15) is 49.7 Å². The average molecular weight is 702 g/mol. The topological polar surface area (TPSA) is 92.3 Å². The van der Waals surface area contributed by atoms with Crippen molar-refractivity contribution in [3.8, 4) is 0 Å². The fourth-order valence-corrected chi connectivity index (χ4v) is 9.09. The third-order valence-corrected chi connectivity index (χ3v) is 12.2. The van der Waals surface area contributed by atoms with Crippen LogP contribution in [0.25, 0.3) is 0 Å². The van der Waals surface area contributed by atoms with Crippen LogP contribution in [-0.4, -0.2) is 87.7 Å². The quantitative estimate of drug-likeness (QED) is 0.245. The van der Waals surface area contributed by atoms with Crippen LogP contribution in [0.5, 0.6) is 0 Å². The van der Waals surface area contributed by atoms with Gasteiger partial charge in [-0.1, -0.05) is 53.9 Å². The maximum Gasteiger partial charge on any atom is 0.264 e. The predicted molar refractivity (Wildman–Crippen MR) is 183 cm³/mol. The average Bonchev–Trinajstić information content (AvgIpc) is 3.10. The van der Waals surface area contributed by atoms with Crippen LogP contribution in [0.3, 0.4) is 0 Å². The molecule has 9 nitrogen and oxygen atoms in total. The summed E-state index contributed by atoms with van der Waals surface area (Å²) in [5.74, 6) is -0.117. The summed E-state index contributed by atoms with van der Waals surface area (Å²) in [6, 6.07) is 15.3. The molecule has 252 valence electrons. The molecule has 1 amide bonds. The summed E-state index contributed by atoms with van der Waals surface area (Å²) < 4.78 is 42.0. The van der Waals surface area contributed by atoms with Gasteiger partial charge in [0.05, 0.1) is 45.5 Å². The van der Waals surface area contributed by atoms with Gasteiger partial charge in [0.15, 0.2) is 0 Å². The number of carbonyl (C=O) groups excluding carboxylic acids is 1. The number of ether oxygens (including phenoxy) is 2. The van der Waals surface area contributed by atoms with Gasteiger partial charge in [-0.25, -0.2) is 8.42 Å². The number of benzene rings is 2. The van der Waals surface area contributed by atoms with Crippen molar-refractivity contribution in [1.29, 1.82) is 0 Å². The number of pyridine rings is 1. The van der Waals surface area contributed by atoms with Crippen LogP contribution < -0.4 is 4.31 Å². The van der Waals surface area contributed by atoms with Crippen LogP contribution in [0, 0.1) is 0 Å². The third kappa shape index (κ3) is 7.79. The number of hydrogen-bond donors (Lipinski definition) is 0. The highest BCUT2D eigenvalue weighted by molar-refractivity contribution is 7.92. The number of hydrogen-bond acceptors (Lipinski definition) is 7. The van der Waals surface area contributed by atoms with E-state index in [2.05, 4.69) is 16.0 Å². The van der Waals surface area contributed by atoms with E-state index >= 15 is 0 Å². The summed E-state index contributed by atoms with van der Waals surface area (Å²) in [6.07, 6.45) is 10.0. The molecule has 4 heterocycles. The molecule has 0 radical (unpaired) electrons. The smallest absolute Gasteiger partial charge is 0.264 e. The summed E-state index contributed by atoms with van der Waals surface area (Å²) in [5.41, 5.74) is 2.10. The van der Waals surface area contributed by atoms with E-state index in [1.165, 1.54) is 41.8 Å². The van der Waals surface area contributed by atoms with Gasteiger partial charge < -0.3 is 19.3 Å². The SMILES string of the molecule is O=C(COCC1CCc2ccccc2N1S(=O)(=O)c1ccc(Cl)c(Cl)c1)N1CCC(OCCN2CCCCC2)(c2cccnc2)CC1. The fourth-order valence-electron chi connectivity index (χ4n) is 6.99. The Morgan fingerprint density at radius 1 is 0.957 bits per heavy atom. The second kappa shape index (κ2) is 15.2. The summed E-state index contributed by atoms with van der Waals surface area (Å²) in [7, 11) is -4.00. The number of aromatic nitrogens is 1. The number of likely N-dealkylation sites (tertiary alicyclic amines) is 2. The first-order valence-corrected chi connectivity index (χ1v) is 18.7. The molecule has 0 N–H and O–H groups in total. The Bertz CT molecular complexity index is 1630. The largest absolute Gasteiger partial charge is 0.369 e. The van der Waals surface area contributed by atoms with Crippen LogP contribution in [0.4, 0.5) is 5.69 Å². The van der Waals surface area contributed by atoms with E-state index in [1.54, 1.807) is 12.3 Å². The molecule has 3 aliphatic rings. The molecule has 1 aromatic heterocycles. The van der Waals surface area contributed by atoms with Gasteiger partial charge in [0.25, 0.3) is 10.0 Å². The second-order valence-corrected chi connectivity index (χ2v) is 15.2. The number of carbonyl (C=O) groups is 1. The maximum atomic E-state index is 14.0. The molecule has 0 aliphatic carbocycles. The molecule has 47 heavy (non-hydrogen) atoms. The molecule has 2 aromatic carbocycles. The van der Waals surface area contributed by atoms with Gasteiger partial charge in [-0.15, -0.1) is 0 Å². The Balaban J connectivity index is 1.08. The van der Waals surface area contributed by atoms with E-state index in [9.17, 15) is 13.2 Å². The van der Waals surface area contributed by atoms with E-state index in [-0.39, 0.29) is 34.1 Å². The Morgan fingerprint density at radius 3 is 2.49 bits per heavy atom. The predicted octanol–water partition coefficient (Wildman–Crippen LogP) is 5.94. The van der Waals surface area contributed by atoms with Crippen molar-refractivity contribution in [1.82, 2.24) is 14.8 Å². The first kappa shape index (κ1) is 34.1. The third-order valence-electron chi connectivity index (χ3n) is 9.64. The van der Waals surface area contributed by atoms with Crippen molar-refractivity contribution >= 4 is 44.8 Å². The summed E-state index contributed by atoms with van der Waals surface area (Å²) in [4.78, 5) is 22.1. The molecular formula is C35H42Cl2N4O5S. The molecule has 2 saturated heterocycles. The maximum absolute atomic E-state index is 14.0. The standard InChI is InChI=1S/C35H42Cl2N4O5S/c36-31-13-12-30(23-32(31)37)47(43,44)41-29(11-10-27-7-2-3-9-33(27)41)25-45-26-34(42)40-19-14-35(15-20-40,28-8-6-16-38-24-28)46-22-21-39-17-4-1-5-18-39/h2-3,6-9,12-13,16,23-24,29H,1,4-5,10-11,14-15,17-22,25-26H2. The van der Waals surface area contributed by atoms with E-state index in [1.807, 2.05) is 35.4 Å². The lowest BCUT2D eigenvalue weighted by molar-refractivity contribution is -0.144. The minimum absolute atomic E-state index is 0.0493. The second-order valence-electron chi connectivity index (χ2n) is 12.6. The van der Waals surface area contributed by atoms with E-state index < -0.39 is 21.7 Å².